The molecule has 0 atom stereocenters. The summed E-state index contributed by atoms with van der Waals surface area (Å²) in [5.74, 6) is -0.133. The number of sulfonamides is 1. The molecule has 2 heterocycles. The molecule has 7 nitrogen and oxygen atoms in total. The summed E-state index contributed by atoms with van der Waals surface area (Å²) in [6, 6.07) is 18.0. The van der Waals surface area contributed by atoms with Crippen molar-refractivity contribution in [2.75, 3.05) is 18.4 Å². The number of piperidine rings is 1. The van der Waals surface area contributed by atoms with Crippen molar-refractivity contribution in [3.8, 4) is 0 Å². The highest BCUT2D eigenvalue weighted by Crippen LogP contribution is 2.26. The Morgan fingerprint density at radius 2 is 1.72 bits per heavy atom. The van der Waals surface area contributed by atoms with Crippen LogP contribution < -0.4 is 10.6 Å². The number of nitrogens with zero attached hydrogens (tertiary/aromatic N) is 1. The van der Waals surface area contributed by atoms with Gasteiger partial charge in [0, 0.05) is 35.4 Å². The molecule has 1 amide bonds. The van der Waals surface area contributed by atoms with Gasteiger partial charge >= 0.3 is 0 Å². The van der Waals surface area contributed by atoms with Gasteiger partial charge in [0.05, 0.1) is 12.8 Å². The van der Waals surface area contributed by atoms with Crippen LogP contribution >= 0.6 is 11.6 Å². The molecule has 1 aliphatic rings. The fraction of sp³-hybridized carbons (Fsp3) is 0.261. The number of hydrogen-bond donors (Lipinski definition) is 2. The van der Waals surface area contributed by atoms with E-state index in [1.807, 2.05) is 30.3 Å². The van der Waals surface area contributed by atoms with Gasteiger partial charge in [-0.3, -0.25) is 4.79 Å². The van der Waals surface area contributed by atoms with E-state index in [1.165, 1.54) is 16.6 Å². The zero-order chi connectivity index (χ0) is 22.6. The minimum atomic E-state index is -3.72. The molecule has 4 rings (SSSR count). The van der Waals surface area contributed by atoms with Gasteiger partial charge in [-0.05, 0) is 55.3 Å². The van der Waals surface area contributed by atoms with E-state index in [2.05, 4.69) is 10.6 Å². The van der Waals surface area contributed by atoms with Crippen molar-refractivity contribution in [2.24, 2.45) is 0 Å². The van der Waals surface area contributed by atoms with E-state index >= 15 is 0 Å². The number of amides is 1. The Balaban J connectivity index is 1.37. The molecule has 168 valence electrons. The molecule has 2 aromatic carbocycles. The van der Waals surface area contributed by atoms with E-state index in [0.29, 0.717) is 36.5 Å². The van der Waals surface area contributed by atoms with Gasteiger partial charge in [0.25, 0.3) is 5.91 Å². The number of carbonyl (C=O) groups excluding carboxylic acids is 1. The van der Waals surface area contributed by atoms with Crippen LogP contribution in [0.2, 0.25) is 5.02 Å². The average Bonchev–Trinajstić information content (AvgIpc) is 3.29. The summed E-state index contributed by atoms with van der Waals surface area (Å²) in [4.78, 5) is 12.4. The summed E-state index contributed by atoms with van der Waals surface area (Å²) < 4.78 is 33.3. The van der Waals surface area contributed by atoms with Gasteiger partial charge in [-0.25, -0.2) is 8.42 Å². The maximum absolute atomic E-state index is 13.2. The molecule has 0 saturated carbocycles. The fourth-order valence-corrected chi connectivity index (χ4v) is 5.43. The van der Waals surface area contributed by atoms with E-state index < -0.39 is 10.0 Å². The first-order valence-electron chi connectivity index (χ1n) is 10.4. The number of furan rings is 1. The van der Waals surface area contributed by atoms with E-state index in [9.17, 15) is 13.2 Å². The summed E-state index contributed by atoms with van der Waals surface area (Å²) in [6.45, 7) is 0.790. The van der Waals surface area contributed by atoms with E-state index in [0.717, 1.165) is 5.69 Å². The molecular formula is C23H24ClN3O4S. The quantitative estimate of drug-likeness (QED) is 0.538. The number of rotatable bonds is 7. The Kier molecular flexibility index (Phi) is 6.83. The van der Waals surface area contributed by atoms with Gasteiger partial charge in [-0.1, -0.05) is 29.8 Å². The number of carbonyl (C=O) groups is 1. The summed E-state index contributed by atoms with van der Waals surface area (Å²) in [5, 5.41) is 6.69. The predicted octanol–water partition coefficient (Wildman–Crippen LogP) is 4.13. The third-order valence-corrected chi connectivity index (χ3v) is 7.65. The largest absolute Gasteiger partial charge is 0.466 e. The maximum Gasteiger partial charge on any atom is 0.251 e. The number of benzene rings is 2. The predicted molar refractivity (Wildman–Crippen MR) is 123 cm³/mol. The lowest BCUT2D eigenvalue weighted by molar-refractivity contribution is 0.0947. The van der Waals surface area contributed by atoms with Crippen LogP contribution in [0.4, 0.5) is 5.69 Å². The van der Waals surface area contributed by atoms with E-state index in [4.69, 9.17) is 16.0 Å². The van der Waals surface area contributed by atoms with Crippen LogP contribution in [0.5, 0.6) is 0 Å². The normalized spacial score (nSPS) is 15.4. The minimum absolute atomic E-state index is 0.0327. The standard InChI is InChI=1S/C23H24ClN3O4S/c24-18-8-6-17(7-9-18)23(28)25-16-21-22(12-15-31-21)32(29,30)27-13-10-20(11-14-27)26-19-4-2-1-3-5-19/h1-9,12,15,20,26H,10-11,13-14,16H2,(H,25,28). The molecule has 1 saturated heterocycles. The second-order valence-electron chi connectivity index (χ2n) is 7.59. The van der Waals surface area contributed by atoms with Gasteiger partial charge < -0.3 is 15.1 Å². The van der Waals surface area contributed by atoms with Crippen LogP contribution in [0.15, 0.2) is 76.2 Å². The molecule has 3 aromatic rings. The van der Waals surface area contributed by atoms with Crippen molar-refractivity contribution in [1.82, 2.24) is 9.62 Å². The zero-order valence-electron chi connectivity index (χ0n) is 17.3. The highest BCUT2D eigenvalue weighted by Gasteiger charge is 2.32. The summed E-state index contributed by atoms with van der Waals surface area (Å²) in [5.41, 5.74) is 1.46. The van der Waals surface area contributed by atoms with Gasteiger partial charge in [0.15, 0.2) is 0 Å². The highest BCUT2D eigenvalue weighted by molar-refractivity contribution is 7.89. The molecule has 0 aliphatic carbocycles. The zero-order valence-corrected chi connectivity index (χ0v) is 18.9. The molecule has 1 aromatic heterocycles. The molecule has 1 fully saturated rings. The lowest BCUT2D eigenvalue weighted by atomic mass is 10.1. The first-order valence-corrected chi connectivity index (χ1v) is 12.2. The first kappa shape index (κ1) is 22.4. The average molecular weight is 474 g/mol. The van der Waals surface area contributed by atoms with Gasteiger partial charge in [-0.2, -0.15) is 4.31 Å². The lowest BCUT2D eigenvalue weighted by Gasteiger charge is -2.32. The molecule has 1 aliphatic heterocycles. The van der Waals surface area contributed by atoms with Crippen molar-refractivity contribution < 1.29 is 17.6 Å². The van der Waals surface area contributed by atoms with Crippen LogP contribution in [-0.2, 0) is 16.6 Å². The van der Waals surface area contributed by atoms with Crippen LogP contribution in [0, 0.1) is 0 Å². The molecule has 9 heteroatoms. The number of hydrogen-bond acceptors (Lipinski definition) is 5. The van der Waals surface area contributed by atoms with Crippen molar-refractivity contribution in [3.63, 3.8) is 0 Å². The molecule has 2 N–H and O–H groups in total. The molecule has 0 spiro atoms. The molecular weight excluding hydrogens is 450 g/mol. The summed E-state index contributed by atoms with van der Waals surface area (Å²) >= 11 is 5.85. The lowest BCUT2D eigenvalue weighted by Crippen LogP contribution is -2.42. The monoisotopic (exact) mass is 473 g/mol. The number of nitrogens with one attached hydrogen (secondary N) is 2. The molecule has 32 heavy (non-hydrogen) atoms. The first-order chi connectivity index (χ1) is 15.4. The van der Waals surface area contributed by atoms with Gasteiger partial charge in [0.2, 0.25) is 10.0 Å². The van der Waals surface area contributed by atoms with Crippen molar-refractivity contribution >= 4 is 33.2 Å². The fourth-order valence-electron chi connectivity index (χ4n) is 3.70. The Hall–Kier alpha value is -2.81. The van der Waals surface area contributed by atoms with Crippen molar-refractivity contribution in [1.29, 1.82) is 0 Å². The highest BCUT2D eigenvalue weighted by atomic mass is 35.5. The van der Waals surface area contributed by atoms with Crippen LogP contribution in [-0.4, -0.2) is 37.8 Å². The second kappa shape index (κ2) is 9.77. The van der Waals surface area contributed by atoms with Crippen LogP contribution in [0.3, 0.4) is 0 Å². The topological polar surface area (TPSA) is 91.6 Å². The number of para-hydroxylation sites is 1. The smallest absolute Gasteiger partial charge is 0.251 e. The third kappa shape index (κ3) is 5.15. The number of anilines is 1. The molecule has 0 radical (unpaired) electrons. The summed E-state index contributed by atoms with van der Waals surface area (Å²) in [7, 11) is -3.72. The van der Waals surface area contributed by atoms with E-state index in [-0.39, 0.29) is 29.1 Å². The van der Waals surface area contributed by atoms with Crippen molar-refractivity contribution in [2.45, 2.75) is 30.3 Å². The second-order valence-corrected chi connectivity index (χ2v) is 9.93. The maximum atomic E-state index is 13.2. The van der Waals surface area contributed by atoms with Crippen LogP contribution in [0.25, 0.3) is 0 Å². The summed E-state index contributed by atoms with van der Waals surface area (Å²) in [6.07, 6.45) is 2.74. The Bertz CT molecular complexity index is 1160. The van der Waals surface area contributed by atoms with E-state index in [1.54, 1.807) is 24.3 Å². The Morgan fingerprint density at radius 3 is 2.41 bits per heavy atom. The van der Waals surface area contributed by atoms with Crippen LogP contribution in [0.1, 0.15) is 29.0 Å². The van der Waals surface area contributed by atoms with Gasteiger partial charge in [0.1, 0.15) is 10.7 Å². The van der Waals surface area contributed by atoms with Crippen molar-refractivity contribution in [3.05, 3.63) is 83.3 Å². The van der Waals surface area contributed by atoms with Gasteiger partial charge in [-0.15, -0.1) is 0 Å². The Labute approximate surface area is 192 Å². The number of halogens is 1. The third-order valence-electron chi connectivity index (χ3n) is 5.44. The molecule has 0 bridgehead atoms. The SMILES string of the molecule is O=C(NCc1occc1S(=O)(=O)N1CCC(Nc2ccccc2)CC1)c1ccc(Cl)cc1. The molecule has 0 unspecified atom stereocenters. The Morgan fingerprint density at radius 1 is 1.03 bits per heavy atom. The minimum Gasteiger partial charge on any atom is -0.466 e.